The summed E-state index contributed by atoms with van der Waals surface area (Å²) < 4.78 is 82.8. The molecule has 4 rings (SSSR count). The fraction of sp³-hybridized carbons (Fsp3) is 0.385. The largest absolute Gasteiger partial charge is 0.573 e. The molecule has 0 radical (unpaired) electrons. The average Bonchev–Trinajstić information content (AvgIpc) is 3.00. The molecule has 252 valence electrons. The van der Waals surface area contributed by atoms with Crippen LogP contribution < -0.4 is 9.47 Å². The second-order valence-electron chi connectivity index (χ2n) is 12.2. The quantitative estimate of drug-likeness (QED) is 0.0993. The lowest BCUT2D eigenvalue weighted by Gasteiger charge is -2.15. The van der Waals surface area contributed by atoms with Crippen LogP contribution in [0, 0.1) is 27.7 Å². The molecular weight excluding hydrogens is 614 g/mol. The van der Waals surface area contributed by atoms with Crippen LogP contribution >= 0.6 is 0 Å². The summed E-state index contributed by atoms with van der Waals surface area (Å²) in [5.74, 6) is -0.448. The van der Waals surface area contributed by atoms with Crippen LogP contribution in [0.1, 0.15) is 78.3 Å². The van der Waals surface area contributed by atoms with Crippen LogP contribution in [0.15, 0.2) is 72.8 Å². The number of halogens is 6. The van der Waals surface area contributed by atoms with Gasteiger partial charge >= 0.3 is 12.7 Å². The summed E-state index contributed by atoms with van der Waals surface area (Å²) in [5, 5.41) is 0. The zero-order valence-corrected chi connectivity index (χ0v) is 27.4. The van der Waals surface area contributed by atoms with Crippen molar-refractivity contribution in [2.24, 2.45) is 0 Å². The number of rotatable bonds is 14. The summed E-state index contributed by atoms with van der Waals surface area (Å²) in [6, 6.07) is 20.4. The molecule has 0 aromatic heterocycles. The standard InChI is InChI=1S/C39H42F6O2/c1-26-28(3)36(32-14-20-34(21-15-32)46-38(40,41)42)24-18-30(26)12-10-8-6-5-7-9-11-13-31-19-25-37(29(4)27(31)2)33-16-22-35(23-17-33)47-39(43,44)45/h14-25H,5-13H2,1-4H3. The highest BCUT2D eigenvalue weighted by molar-refractivity contribution is 5.71. The molecule has 0 heterocycles. The molecule has 4 aromatic rings. The van der Waals surface area contributed by atoms with Crippen molar-refractivity contribution in [3.8, 4) is 33.8 Å². The number of ether oxygens (including phenoxy) is 2. The third-order valence-electron chi connectivity index (χ3n) is 8.99. The molecule has 0 atom stereocenters. The molecule has 0 amide bonds. The van der Waals surface area contributed by atoms with Crippen molar-refractivity contribution in [1.29, 1.82) is 0 Å². The van der Waals surface area contributed by atoms with Crippen LogP contribution in [0.2, 0.25) is 0 Å². The lowest BCUT2D eigenvalue weighted by atomic mass is 9.91. The molecular formula is C39H42F6O2. The minimum Gasteiger partial charge on any atom is -0.406 e. The van der Waals surface area contributed by atoms with Crippen LogP contribution in [0.5, 0.6) is 11.5 Å². The fourth-order valence-electron chi connectivity index (χ4n) is 6.11. The average molecular weight is 657 g/mol. The Labute approximate surface area is 273 Å². The van der Waals surface area contributed by atoms with Crippen LogP contribution in [-0.4, -0.2) is 12.7 Å². The molecule has 4 aromatic carbocycles. The highest BCUT2D eigenvalue weighted by Crippen LogP contribution is 2.33. The van der Waals surface area contributed by atoms with E-state index in [-0.39, 0.29) is 11.5 Å². The minimum atomic E-state index is -4.70. The van der Waals surface area contributed by atoms with E-state index in [1.54, 1.807) is 24.3 Å². The van der Waals surface area contributed by atoms with Crippen LogP contribution in [-0.2, 0) is 12.8 Å². The number of alkyl halides is 6. The minimum absolute atomic E-state index is 0.224. The van der Waals surface area contributed by atoms with Gasteiger partial charge in [0.1, 0.15) is 11.5 Å². The van der Waals surface area contributed by atoms with Crippen molar-refractivity contribution in [2.45, 2.75) is 98.2 Å². The molecule has 0 saturated carbocycles. The van der Waals surface area contributed by atoms with Crippen molar-refractivity contribution in [1.82, 2.24) is 0 Å². The normalized spacial score (nSPS) is 12.0. The van der Waals surface area contributed by atoms with E-state index in [4.69, 9.17) is 0 Å². The molecule has 0 aliphatic heterocycles. The van der Waals surface area contributed by atoms with E-state index in [0.29, 0.717) is 0 Å². The van der Waals surface area contributed by atoms with Gasteiger partial charge in [0.2, 0.25) is 0 Å². The first-order valence-electron chi connectivity index (χ1n) is 16.1. The van der Waals surface area contributed by atoms with Crippen molar-refractivity contribution < 1.29 is 35.8 Å². The van der Waals surface area contributed by atoms with E-state index < -0.39 is 12.7 Å². The second kappa shape index (κ2) is 15.8. The predicted molar refractivity (Wildman–Crippen MR) is 176 cm³/mol. The van der Waals surface area contributed by atoms with Crippen molar-refractivity contribution >= 4 is 0 Å². The van der Waals surface area contributed by atoms with Gasteiger partial charge in [0.05, 0.1) is 0 Å². The van der Waals surface area contributed by atoms with E-state index in [2.05, 4.69) is 61.4 Å². The smallest absolute Gasteiger partial charge is 0.406 e. The first-order valence-corrected chi connectivity index (χ1v) is 16.1. The molecule has 0 bridgehead atoms. The number of hydrogen-bond acceptors (Lipinski definition) is 2. The Morgan fingerprint density at radius 1 is 0.404 bits per heavy atom. The molecule has 0 saturated heterocycles. The Balaban J connectivity index is 1.16. The maximum absolute atomic E-state index is 12.5. The summed E-state index contributed by atoms with van der Waals surface area (Å²) in [6.07, 6.45) is 0.782. The highest BCUT2D eigenvalue weighted by Gasteiger charge is 2.31. The lowest BCUT2D eigenvalue weighted by Crippen LogP contribution is -2.16. The van der Waals surface area contributed by atoms with Gasteiger partial charge in [-0.3, -0.25) is 0 Å². The van der Waals surface area contributed by atoms with Crippen LogP contribution in [0.25, 0.3) is 22.3 Å². The Kier molecular flexibility index (Phi) is 12.0. The van der Waals surface area contributed by atoms with E-state index >= 15 is 0 Å². The van der Waals surface area contributed by atoms with E-state index in [1.165, 1.54) is 78.6 Å². The van der Waals surface area contributed by atoms with Crippen molar-refractivity contribution in [2.75, 3.05) is 0 Å². The Morgan fingerprint density at radius 2 is 0.723 bits per heavy atom. The van der Waals surface area contributed by atoms with Crippen molar-refractivity contribution in [3.05, 3.63) is 106 Å². The molecule has 0 fully saturated rings. The Morgan fingerprint density at radius 3 is 1.04 bits per heavy atom. The zero-order valence-electron chi connectivity index (χ0n) is 27.4. The van der Waals surface area contributed by atoms with Gasteiger partial charge < -0.3 is 9.47 Å². The highest BCUT2D eigenvalue weighted by atomic mass is 19.4. The molecule has 0 spiro atoms. The topological polar surface area (TPSA) is 18.5 Å². The summed E-state index contributed by atoms with van der Waals surface area (Å²) in [4.78, 5) is 0. The number of benzene rings is 4. The molecule has 0 N–H and O–H groups in total. The maximum Gasteiger partial charge on any atom is 0.573 e. The van der Waals surface area contributed by atoms with Crippen LogP contribution in [0.4, 0.5) is 26.3 Å². The summed E-state index contributed by atoms with van der Waals surface area (Å²) in [7, 11) is 0. The van der Waals surface area contributed by atoms with Gasteiger partial charge in [-0.2, -0.15) is 0 Å². The Bertz CT molecular complexity index is 1480. The van der Waals surface area contributed by atoms with Gasteiger partial charge in [0, 0.05) is 0 Å². The third kappa shape index (κ3) is 10.5. The molecule has 2 nitrogen and oxygen atoms in total. The van der Waals surface area contributed by atoms with Gasteiger partial charge in [0.15, 0.2) is 0 Å². The molecule has 0 aliphatic carbocycles. The van der Waals surface area contributed by atoms with E-state index in [1.807, 2.05) is 0 Å². The SMILES string of the molecule is Cc1c(CCCCCCCCCc2ccc(-c3ccc(OC(F)(F)F)cc3)c(C)c2C)ccc(-c2ccc(OC(F)(F)F)cc2)c1C. The summed E-state index contributed by atoms with van der Waals surface area (Å²) in [6.45, 7) is 8.34. The monoisotopic (exact) mass is 656 g/mol. The number of aryl methyl sites for hydroxylation is 2. The first-order chi connectivity index (χ1) is 22.2. The number of unbranched alkanes of at least 4 members (excludes halogenated alkanes) is 6. The van der Waals surface area contributed by atoms with Crippen LogP contribution in [0.3, 0.4) is 0 Å². The lowest BCUT2D eigenvalue weighted by molar-refractivity contribution is -0.275. The van der Waals surface area contributed by atoms with Gasteiger partial charge in [-0.05, 0) is 133 Å². The molecule has 47 heavy (non-hydrogen) atoms. The van der Waals surface area contributed by atoms with Gasteiger partial charge in [-0.1, -0.05) is 80.6 Å². The first kappa shape index (κ1) is 35.9. The molecule has 0 unspecified atom stereocenters. The van der Waals surface area contributed by atoms with Crippen molar-refractivity contribution in [3.63, 3.8) is 0 Å². The van der Waals surface area contributed by atoms with Gasteiger partial charge in [-0.25, -0.2) is 0 Å². The fourth-order valence-corrected chi connectivity index (χ4v) is 6.11. The van der Waals surface area contributed by atoms with Gasteiger partial charge in [-0.15, -0.1) is 26.3 Å². The second-order valence-corrected chi connectivity index (χ2v) is 12.2. The van der Waals surface area contributed by atoms with Gasteiger partial charge in [0.25, 0.3) is 0 Å². The molecule has 0 aliphatic rings. The zero-order chi connectivity index (χ0) is 34.2. The Hall–Kier alpha value is -3.94. The van der Waals surface area contributed by atoms with E-state index in [9.17, 15) is 26.3 Å². The number of hydrogen-bond donors (Lipinski definition) is 0. The predicted octanol–water partition coefficient (Wildman–Crippen LogP) is 12.6. The van der Waals surface area contributed by atoms with E-state index in [0.717, 1.165) is 59.1 Å². The summed E-state index contributed by atoms with van der Waals surface area (Å²) >= 11 is 0. The maximum atomic E-state index is 12.5. The third-order valence-corrected chi connectivity index (χ3v) is 8.99. The summed E-state index contributed by atoms with van der Waals surface area (Å²) in [5.41, 5.74) is 11.1. The molecule has 8 heteroatoms.